The molecule has 3 unspecified atom stereocenters. The lowest BCUT2D eigenvalue weighted by atomic mass is 9.77. The second-order valence-electron chi connectivity index (χ2n) is 5.88. The summed E-state index contributed by atoms with van der Waals surface area (Å²) in [5.41, 5.74) is 10.5. The molecule has 106 valence electrons. The lowest BCUT2D eigenvalue weighted by Gasteiger charge is -2.37. The predicted molar refractivity (Wildman–Crippen MR) is 88.7 cm³/mol. The second-order valence-corrected chi connectivity index (χ2v) is 6.31. The smallest absolute Gasteiger partial charge is 0.0554 e. The van der Waals surface area contributed by atoms with Crippen LogP contribution in [0, 0.1) is 5.92 Å². The van der Waals surface area contributed by atoms with Gasteiger partial charge in [-0.3, -0.25) is 0 Å². The first kappa shape index (κ1) is 12.8. The Kier molecular flexibility index (Phi) is 2.93. The minimum atomic E-state index is 0.292. The van der Waals surface area contributed by atoms with E-state index in [1.807, 2.05) is 18.2 Å². The Morgan fingerprint density at radius 3 is 2.90 bits per heavy atom. The van der Waals surface area contributed by atoms with Crippen LogP contribution in [-0.2, 0) is 0 Å². The number of halogens is 1. The van der Waals surface area contributed by atoms with Gasteiger partial charge in [-0.1, -0.05) is 35.9 Å². The summed E-state index contributed by atoms with van der Waals surface area (Å²) in [7, 11) is 0. The molecule has 0 spiro atoms. The highest BCUT2D eigenvalue weighted by molar-refractivity contribution is 6.30. The van der Waals surface area contributed by atoms with E-state index >= 15 is 0 Å². The lowest BCUT2D eigenvalue weighted by molar-refractivity contribution is 0.426. The van der Waals surface area contributed by atoms with Crippen LogP contribution in [0.3, 0.4) is 0 Å². The molecule has 4 rings (SSSR count). The van der Waals surface area contributed by atoms with Gasteiger partial charge in [-0.25, -0.2) is 0 Å². The summed E-state index contributed by atoms with van der Waals surface area (Å²) in [6.45, 7) is 0. The van der Waals surface area contributed by atoms with Gasteiger partial charge in [0.25, 0.3) is 0 Å². The van der Waals surface area contributed by atoms with Crippen molar-refractivity contribution in [3.05, 3.63) is 70.8 Å². The number of allylic oxidation sites excluding steroid dienone is 2. The number of nitrogen functional groups attached to an aromatic ring is 1. The van der Waals surface area contributed by atoms with Gasteiger partial charge in [-0.2, -0.15) is 0 Å². The van der Waals surface area contributed by atoms with Gasteiger partial charge in [0.15, 0.2) is 0 Å². The molecular weight excluding hydrogens is 280 g/mol. The van der Waals surface area contributed by atoms with Gasteiger partial charge in [0.05, 0.1) is 6.04 Å². The molecule has 1 heterocycles. The van der Waals surface area contributed by atoms with Crippen molar-refractivity contribution >= 4 is 23.0 Å². The predicted octanol–water partition coefficient (Wildman–Crippen LogP) is 4.75. The average molecular weight is 297 g/mol. The standard InChI is InChI=1S/C18H17ClN2/c19-12-4-1-3-11(9-12)18-15-6-2-5-14(15)16-10-13(20)7-8-17(16)21-18/h1-5,7-10,14-15,18,21H,6,20H2. The zero-order valence-electron chi connectivity index (χ0n) is 11.6. The molecule has 3 heteroatoms. The molecule has 0 saturated carbocycles. The number of rotatable bonds is 1. The van der Waals surface area contributed by atoms with Crippen molar-refractivity contribution in [2.75, 3.05) is 11.1 Å². The number of anilines is 2. The fourth-order valence-electron chi connectivity index (χ4n) is 3.64. The van der Waals surface area contributed by atoms with Crippen molar-refractivity contribution in [2.45, 2.75) is 18.4 Å². The molecule has 2 nitrogen and oxygen atoms in total. The maximum Gasteiger partial charge on any atom is 0.0554 e. The third kappa shape index (κ3) is 2.11. The molecule has 0 radical (unpaired) electrons. The van der Waals surface area contributed by atoms with Crippen LogP contribution in [-0.4, -0.2) is 0 Å². The van der Waals surface area contributed by atoms with Gasteiger partial charge >= 0.3 is 0 Å². The van der Waals surface area contributed by atoms with Crippen LogP contribution >= 0.6 is 11.6 Å². The van der Waals surface area contributed by atoms with Gasteiger partial charge < -0.3 is 11.1 Å². The quantitative estimate of drug-likeness (QED) is 0.589. The zero-order valence-corrected chi connectivity index (χ0v) is 12.3. The fourth-order valence-corrected chi connectivity index (χ4v) is 3.84. The summed E-state index contributed by atoms with van der Waals surface area (Å²) in [6.07, 6.45) is 5.69. The molecule has 2 aliphatic rings. The Hall–Kier alpha value is -1.93. The molecule has 0 fully saturated rings. The zero-order chi connectivity index (χ0) is 14.4. The normalized spacial score (nSPS) is 26.0. The Labute approximate surface area is 129 Å². The van der Waals surface area contributed by atoms with Gasteiger partial charge in [0.2, 0.25) is 0 Å². The first-order valence-electron chi connectivity index (χ1n) is 7.30. The van der Waals surface area contributed by atoms with Gasteiger partial charge in [-0.15, -0.1) is 0 Å². The average Bonchev–Trinajstić information content (AvgIpc) is 2.96. The Morgan fingerprint density at radius 1 is 1.14 bits per heavy atom. The van der Waals surface area contributed by atoms with E-state index in [1.54, 1.807) is 0 Å². The number of nitrogens with one attached hydrogen (secondary N) is 1. The van der Waals surface area contributed by atoms with Crippen LogP contribution in [0.15, 0.2) is 54.6 Å². The maximum atomic E-state index is 6.17. The number of hydrogen-bond acceptors (Lipinski definition) is 2. The third-order valence-electron chi connectivity index (χ3n) is 4.59. The molecule has 0 saturated heterocycles. The van der Waals surface area contributed by atoms with E-state index in [9.17, 15) is 0 Å². The largest absolute Gasteiger partial charge is 0.399 e. The number of benzene rings is 2. The van der Waals surface area contributed by atoms with Crippen molar-refractivity contribution in [1.82, 2.24) is 0 Å². The van der Waals surface area contributed by atoms with E-state index in [4.69, 9.17) is 17.3 Å². The van der Waals surface area contributed by atoms with Crippen molar-refractivity contribution in [3.63, 3.8) is 0 Å². The van der Waals surface area contributed by atoms with Gasteiger partial charge in [0.1, 0.15) is 0 Å². The Morgan fingerprint density at radius 2 is 2.05 bits per heavy atom. The first-order chi connectivity index (χ1) is 10.2. The van der Waals surface area contributed by atoms with E-state index < -0.39 is 0 Å². The number of nitrogens with two attached hydrogens (primary N) is 1. The summed E-state index contributed by atoms with van der Waals surface area (Å²) in [5.74, 6) is 0.964. The second kappa shape index (κ2) is 4.81. The number of fused-ring (bicyclic) bond motifs is 3. The molecule has 21 heavy (non-hydrogen) atoms. The molecule has 3 N–H and O–H groups in total. The van der Waals surface area contributed by atoms with Crippen molar-refractivity contribution < 1.29 is 0 Å². The fraction of sp³-hybridized carbons (Fsp3) is 0.222. The van der Waals surface area contributed by atoms with Crippen molar-refractivity contribution in [1.29, 1.82) is 0 Å². The molecule has 2 aromatic rings. The highest BCUT2D eigenvalue weighted by atomic mass is 35.5. The van der Waals surface area contributed by atoms with E-state index in [0.29, 0.717) is 17.9 Å². The molecule has 0 amide bonds. The van der Waals surface area contributed by atoms with Crippen LogP contribution < -0.4 is 11.1 Å². The van der Waals surface area contributed by atoms with Crippen LogP contribution in [0.4, 0.5) is 11.4 Å². The maximum absolute atomic E-state index is 6.17. The summed E-state index contributed by atoms with van der Waals surface area (Å²) in [4.78, 5) is 0. The molecule has 1 aliphatic carbocycles. The van der Waals surface area contributed by atoms with E-state index in [0.717, 1.165) is 17.1 Å². The monoisotopic (exact) mass is 296 g/mol. The van der Waals surface area contributed by atoms with E-state index in [-0.39, 0.29) is 0 Å². The van der Waals surface area contributed by atoms with E-state index in [2.05, 4.69) is 41.7 Å². The highest BCUT2D eigenvalue weighted by Crippen LogP contribution is 2.50. The topological polar surface area (TPSA) is 38.0 Å². The lowest BCUT2D eigenvalue weighted by Crippen LogP contribution is -2.29. The molecule has 2 aromatic carbocycles. The molecule has 3 atom stereocenters. The van der Waals surface area contributed by atoms with Crippen molar-refractivity contribution in [3.8, 4) is 0 Å². The van der Waals surface area contributed by atoms with Gasteiger partial charge in [0, 0.05) is 22.3 Å². The molecular formula is C18H17ClN2. The third-order valence-corrected chi connectivity index (χ3v) is 4.83. The number of hydrogen-bond donors (Lipinski definition) is 2. The van der Waals surface area contributed by atoms with Crippen LogP contribution in [0.1, 0.15) is 29.5 Å². The van der Waals surface area contributed by atoms with Gasteiger partial charge in [-0.05, 0) is 53.8 Å². The minimum absolute atomic E-state index is 0.292. The molecule has 0 bridgehead atoms. The summed E-state index contributed by atoms with van der Waals surface area (Å²) < 4.78 is 0. The Balaban J connectivity index is 1.80. The Bertz CT molecular complexity index is 723. The van der Waals surface area contributed by atoms with E-state index in [1.165, 1.54) is 16.8 Å². The first-order valence-corrected chi connectivity index (χ1v) is 7.68. The summed E-state index contributed by atoms with van der Waals surface area (Å²) in [6, 6.07) is 14.6. The summed E-state index contributed by atoms with van der Waals surface area (Å²) >= 11 is 6.17. The molecule has 1 aliphatic heterocycles. The van der Waals surface area contributed by atoms with Crippen molar-refractivity contribution in [2.24, 2.45) is 5.92 Å². The van der Waals surface area contributed by atoms with Crippen LogP contribution in [0.2, 0.25) is 5.02 Å². The van der Waals surface area contributed by atoms with Crippen LogP contribution in [0.5, 0.6) is 0 Å². The minimum Gasteiger partial charge on any atom is -0.399 e. The highest BCUT2D eigenvalue weighted by Gasteiger charge is 2.37. The molecule has 0 aromatic heterocycles. The SMILES string of the molecule is Nc1ccc2c(c1)C1C=CCC1C(c1cccc(Cl)c1)N2. The van der Waals surface area contributed by atoms with Crippen LogP contribution in [0.25, 0.3) is 0 Å². The summed E-state index contributed by atoms with van der Waals surface area (Å²) in [5, 5.41) is 4.48.